The van der Waals surface area contributed by atoms with Gasteiger partial charge in [0.05, 0.1) is 0 Å². The Bertz CT molecular complexity index is 703. The molecule has 0 radical (unpaired) electrons. The summed E-state index contributed by atoms with van der Waals surface area (Å²) in [5.74, 6) is -0.0187. The average Bonchev–Trinajstić information content (AvgIpc) is 2.58. The Hall–Kier alpha value is -2.43. The third kappa shape index (κ3) is 3.24. The molecule has 5 nitrogen and oxygen atoms in total. The van der Waals surface area contributed by atoms with Gasteiger partial charge in [-0.05, 0) is 36.6 Å². The van der Waals surface area contributed by atoms with E-state index in [2.05, 4.69) is 15.3 Å². The molecule has 1 saturated carbocycles. The first kappa shape index (κ1) is 14.5. The van der Waals surface area contributed by atoms with Crippen LogP contribution >= 0.6 is 0 Å². The number of hydrogen-bond donors (Lipinski definition) is 2. The van der Waals surface area contributed by atoms with Gasteiger partial charge in [-0.2, -0.15) is 0 Å². The van der Waals surface area contributed by atoms with Crippen molar-refractivity contribution < 1.29 is 4.79 Å². The van der Waals surface area contributed by atoms with Crippen LogP contribution in [0, 0.1) is 5.92 Å². The fraction of sp³-hybridized carbons (Fsp3) is 0.353. The van der Waals surface area contributed by atoms with Crippen LogP contribution in [0.2, 0.25) is 0 Å². The standard InChI is InChI=1S/C17H19N3O2/c21-16(13-4-2-1-3-5-13)20-15-10-14(11-19-17(15)22)12-6-8-18-9-7-12/h6-11,13H,1-5H2,(H,19,22)(H,20,21). The Labute approximate surface area is 128 Å². The number of pyridine rings is 2. The smallest absolute Gasteiger partial charge is 0.271 e. The number of nitrogens with zero attached hydrogens (tertiary/aromatic N) is 1. The second kappa shape index (κ2) is 6.56. The van der Waals surface area contributed by atoms with E-state index in [0.717, 1.165) is 36.8 Å². The molecule has 0 spiro atoms. The molecule has 0 unspecified atom stereocenters. The zero-order valence-corrected chi connectivity index (χ0v) is 12.3. The summed E-state index contributed by atoms with van der Waals surface area (Å²) >= 11 is 0. The summed E-state index contributed by atoms with van der Waals surface area (Å²) in [5.41, 5.74) is 1.83. The minimum Gasteiger partial charge on any atom is -0.327 e. The van der Waals surface area contributed by atoms with Gasteiger partial charge in [0.25, 0.3) is 5.56 Å². The molecule has 2 aromatic rings. The van der Waals surface area contributed by atoms with Crippen molar-refractivity contribution in [3.63, 3.8) is 0 Å². The molecule has 22 heavy (non-hydrogen) atoms. The molecule has 1 aliphatic rings. The van der Waals surface area contributed by atoms with Crippen LogP contribution < -0.4 is 10.9 Å². The Morgan fingerprint density at radius 2 is 1.86 bits per heavy atom. The van der Waals surface area contributed by atoms with Crippen LogP contribution in [-0.4, -0.2) is 15.9 Å². The van der Waals surface area contributed by atoms with Crippen LogP contribution in [0.25, 0.3) is 11.1 Å². The van der Waals surface area contributed by atoms with Gasteiger partial charge in [-0.15, -0.1) is 0 Å². The zero-order chi connectivity index (χ0) is 15.4. The summed E-state index contributed by atoms with van der Waals surface area (Å²) in [6.45, 7) is 0. The van der Waals surface area contributed by atoms with E-state index < -0.39 is 0 Å². The Balaban J connectivity index is 1.81. The number of nitrogens with one attached hydrogen (secondary N) is 2. The number of carbonyl (C=O) groups is 1. The fourth-order valence-corrected chi connectivity index (χ4v) is 2.89. The van der Waals surface area contributed by atoms with Crippen molar-refractivity contribution in [1.29, 1.82) is 0 Å². The Kier molecular flexibility index (Phi) is 4.32. The van der Waals surface area contributed by atoms with Crippen LogP contribution in [0.5, 0.6) is 0 Å². The van der Waals surface area contributed by atoms with E-state index in [1.807, 2.05) is 12.1 Å². The number of rotatable bonds is 3. The first-order valence-electron chi connectivity index (χ1n) is 7.68. The number of anilines is 1. The van der Waals surface area contributed by atoms with Gasteiger partial charge in [0.1, 0.15) is 5.69 Å². The lowest BCUT2D eigenvalue weighted by Crippen LogP contribution is -2.27. The number of amides is 1. The van der Waals surface area contributed by atoms with Crippen molar-refractivity contribution in [2.75, 3.05) is 5.32 Å². The zero-order valence-electron chi connectivity index (χ0n) is 12.3. The molecule has 2 heterocycles. The third-order valence-electron chi connectivity index (χ3n) is 4.15. The molecule has 1 aliphatic carbocycles. The molecule has 0 saturated heterocycles. The quantitative estimate of drug-likeness (QED) is 0.914. The van der Waals surface area contributed by atoms with Gasteiger partial charge in [0.15, 0.2) is 0 Å². The van der Waals surface area contributed by atoms with E-state index in [0.29, 0.717) is 5.69 Å². The monoisotopic (exact) mass is 297 g/mol. The molecule has 0 bridgehead atoms. The first-order valence-corrected chi connectivity index (χ1v) is 7.68. The molecule has 0 atom stereocenters. The lowest BCUT2D eigenvalue weighted by Gasteiger charge is -2.20. The van der Waals surface area contributed by atoms with Crippen molar-refractivity contribution in [3.8, 4) is 11.1 Å². The second-order valence-corrected chi connectivity index (χ2v) is 5.69. The molecular weight excluding hydrogens is 278 g/mol. The predicted molar refractivity (Wildman–Crippen MR) is 85.5 cm³/mol. The van der Waals surface area contributed by atoms with Gasteiger partial charge in [-0.25, -0.2) is 0 Å². The summed E-state index contributed by atoms with van der Waals surface area (Å²) in [6, 6.07) is 5.44. The maximum atomic E-state index is 12.3. The second-order valence-electron chi connectivity index (χ2n) is 5.69. The van der Waals surface area contributed by atoms with Crippen molar-refractivity contribution in [3.05, 3.63) is 47.1 Å². The highest BCUT2D eigenvalue weighted by molar-refractivity contribution is 5.93. The van der Waals surface area contributed by atoms with E-state index in [4.69, 9.17) is 0 Å². The summed E-state index contributed by atoms with van der Waals surface area (Å²) in [5, 5.41) is 2.79. The molecular formula is C17H19N3O2. The van der Waals surface area contributed by atoms with Gasteiger partial charge in [-0.1, -0.05) is 19.3 Å². The van der Waals surface area contributed by atoms with Crippen molar-refractivity contribution in [1.82, 2.24) is 9.97 Å². The van der Waals surface area contributed by atoms with Crippen molar-refractivity contribution in [2.45, 2.75) is 32.1 Å². The SMILES string of the molecule is O=C(Nc1cc(-c2ccncc2)c[nH]c1=O)C1CCCCC1. The minimum absolute atomic E-state index is 0.0257. The number of carbonyl (C=O) groups excluding carboxylic acids is 1. The largest absolute Gasteiger partial charge is 0.327 e. The van der Waals surface area contributed by atoms with Gasteiger partial charge in [-0.3, -0.25) is 14.6 Å². The molecule has 1 amide bonds. The molecule has 0 aromatic carbocycles. The van der Waals surface area contributed by atoms with Crippen molar-refractivity contribution >= 4 is 11.6 Å². The van der Waals surface area contributed by atoms with E-state index in [1.165, 1.54) is 6.42 Å². The highest BCUT2D eigenvalue weighted by Crippen LogP contribution is 2.25. The summed E-state index contributed by atoms with van der Waals surface area (Å²) in [4.78, 5) is 30.9. The van der Waals surface area contributed by atoms with E-state index in [1.54, 1.807) is 24.7 Å². The van der Waals surface area contributed by atoms with Crippen LogP contribution in [-0.2, 0) is 4.79 Å². The number of H-pyrrole nitrogens is 1. The summed E-state index contributed by atoms with van der Waals surface area (Å²) < 4.78 is 0. The van der Waals surface area contributed by atoms with E-state index in [-0.39, 0.29) is 17.4 Å². The van der Waals surface area contributed by atoms with Crippen molar-refractivity contribution in [2.24, 2.45) is 5.92 Å². The maximum Gasteiger partial charge on any atom is 0.271 e. The van der Waals surface area contributed by atoms with Crippen LogP contribution in [0.3, 0.4) is 0 Å². The lowest BCUT2D eigenvalue weighted by atomic mass is 9.88. The van der Waals surface area contributed by atoms with Gasteiger partial charge in [0, 0.05) is 30.1 Å². The van der Waals surface area contributed by atoms with Gasteiger partial charge in [0.2, 0.25) is 5.91 Å². The first-order chi connectivity index (χ1) is 10.7. The average molecular weight is 297 g/mol. The minimum atomic E-state index is -0.276. The highest BCUT2D eigenvalue weighted by atomic mass is 16.2. The molecule has 5 heteroatoms. The molecule has 2 aromatic heterocycles. The van der Waals surface area contributed by atoms with Crippen LogP contribution in [0.15, 0.2) is 41.6 Å². The van der Waals surface area contributed by atoms with Crippen LogP contribution in [0.1, 0.15) is 32.1 Å². The fourth-order valence-electron chi connectivity index (χ4n) is 2.89. The number of aromatic nitrogens is 2. The lowest BCUT2D eigenvalue weighted by molar-refractivity contribution is -0.120. The van der Waals surface area contributed by atoms with E-state index in [9.17, 15) is 9.59 Å². The molecule has 2 N–H and O–H groups in total. The highest BCUT2D eigenvalue weighted by Gasteiger charge is 2.21. The van der Waals surface area contributed by atoms with Gasteiger partial charge >= 0.3 is 0 Å². The third-order valence-corrected chi connectivity index (χ3v) is 4.15. The van der Waals surface area contributed by atoms with Gasteiger partial charge < -0.3 is 10.3 Å². The summed E-state index contributed by atoms with van der Waals surface area (Å²) in [6.07, 6.45) is 10.2. The molecule has 0 aliphatic heterocycles. The Morgan fingerprint density at radius 3 is 2.59 bits per heavy atom. The Morgan fingerprint density at radius 1 is 1.14 bits per heavy atom. The maximum absolute atomic E-state index is 12.3. The molecule has 114 valence electrons. The summed E-state index contributed by atoms with van der Waals surface area (Å²) in [7, 11) is 0. The number of hydrogen-bond acceptors (Lipinski definition) is 3. The predicted octanol–water partition coefficient (Wildman–Crippen LogP) is 2.96. The topological polar surface area (TPSA) is 74.8 Å². The van der Waals surface area contributed by atoms with Crippen LogP contribution in [0.4, 0.5) is 5.69 Å². The normalized spacial score (nSPS) is 15.5. The molecule has 3 rings (SSSR count). The molecule has 1 fully saturated rings. The van der Waals surface area contributed by atoms with E-state index >= 15 is 0 Å². The number of aromatic amines is 1.